The standard InChI is InChI=1S/C15H24N2O3S/c1-19-13-7-15(21-3)14(20-2)6-10(13)8-17-5-4-11(16)12(18)9-17/h6-7,11-12,18H,4-5,8-9,16H2,1-3H3. The minimum absolute atomic E-state index is 0.114. The maximum Gasteiger partial charge on any atom is 0.132 e. The van der Waals surface area contributed by atoms with Crippen molar-refractivity contribution in [3.8, 4) is 11.5 Å². The fourth-order valence-corrected chi connectivity index (χ4v) is 3.18. The Kier molecular flexibility index (Phi) is 5.75. The summed E-state index contributed by atoms with van der Waals surface area (Å²) in [5.41, 5.74) is 6.91. The highest BCUT2D eigenvalue weighted by Crippen LogP contribution is 2.35. The van der Waals surface area contributed by atoms with Crippen LogP contribution in [0.3, 0.4) is 0 Å². The van der Waals surface area contributed by atoms with Crippen LogP contribution in [-0.4, -0.2) is 55.7 Å². The van der Waals surface area contributed by atoms with Crippen LogP contribution < -0.4 is 15.2 Å². The van der Waals surface area contributed by atoms with Gasteiger partial charge in [0.15, 0.2) is 0 Å². The van der Waals surface area contributed by atoms with E-state index in [0.717, 1.165) is 41.5 Å². The van der Waals surface area contributed by atoms with Crippen LogP contribution in [-0.2, 0) is 6.54 Å². The number of nitrogens with zero attached hydrogens (tertiary/aromatic N) is 1. The molecule has 1 heterocycles. The van der Waals surface area contributed by atoms with Crippen molar-refractivity contribution in [2.75, 3.05) is 33.6 Å². The van der Waals surface area contributed by atoms with Crippen molar-refractivity contribution < 1.29 is 14.6 Å². The van der Waals surface area contributed by atoms with E-state index in [9.17, 15) is 5.11 Å². The van der Waals surface area contributed by atoms with Crippen molar-refractivity contribution in [2.45, 2.75) is 30.0 Å². The quantitative estimate of drug-likeness (QED) is 0.799. The SMILES string of the molecule is COc1cc(SC)c(OC)cc1CN1CCC(N)C(O)C1. The van der Waals surface area contributed by atoms with Gasteiger partial charge in [0, 0.05) is 31.2 Å². The Morgan fingerprint density at radius 1 is 1.33 bits per heavy atom. The summed E-state index contributed by atoms with van der Waals surface area (Å²) in [5, 5.41) is 9.91. The molecule has 0 bridgehead atoms. The third-order valence-corrected chi connectivity index (χ3v) is 4.66. The summed E-state index contributed by atoms with van der Waals surface area (Å²) in [6.45, 7) is 2.20. The number of methoxy groups -OCH3 is 2. The molecular weight excluding hydrogens is 288 g/mol. The van der Waals surface area contributed by atoms with E-state index in [4.69, 9.17) is 15.2 Å². The van der Waals surface area contributed by atoms with Gasteiger partial charge in [0.1, 0.15) is 11.5 Å². The van der Waals surface area contributed by atoms with E-state index in [2.05, 4.69) is 4.90 Å². The Morgan fingerprint density at radius 3 is 2.62 bits per heavy atom. The third kappa shape index (κ3) is 3.83. The molecule has 1 saturated heterocycles. The van der Waals surface area contributed by atoms with E-state index in [0.29, 0.717) is 6.54 Å². The molecule has 2 unspecified atom stereocenters. The normalized spacial score (nSPS) is 23.1. The molecule has 1 aromatic rings. The first kappa shape index (κ1) is 16.4. The van der Waals surface area contributed by atoms with Crippen LogP contribution in [0.4, 0.5) is 0 Å². The zero-order chi connectivity index (χ0) is 15.4. The number of piperidine rings is 1. The minimum Gasteiger partial charge on any atom is -0.496 e. The minimum atomic E-state index is -0.461. The predicted molar refractivity (Wildman–Crippen MR) is 85.2 cm³/mol. The summed E-state index contributed by atoms with van der Waals surface area (Å²) >= 11 is 1.63. The molecule has 0 saturated carbocycles. The average molecular weight is 312 g/mol. The summed E-state index contributed by atoms with van der Waals surface area (Å²) in [7, 11) is 3.35. The van der Waals surface area contributed by atoms with Gasteiger partial charge in [-0.3, -0.25) is 4.90 Å². The zero-order valence-electron chi connectivity index (χ0n) is 12.8. The number of rotatable bonds is 5. The van der Waals surface area contributed by atoms with Crippen LogP contribution in [0.5, 0.6) is 11.5 Å². The number of thioether (sulfide) groups is 1. The summed E-state index contributed by atoms with van der Waals surface area (Å²) in [6.07, 6.45) is 2.36. The largest absolute Gasteiger partial charge is 0.496 e. The molecule has 118 valence electrons. The monoisotopic (exact) mass is 312 g/mol. The first-order valence-corrected chi connectivity index (χ1v) is 8.26. The van der Waals surface area contributed by atoms with E-state index in [1.54, 1.807) is 26.0 Å². The van der Waals surface area contributed by atoms with Gasteiger partial charge in [-0.25, -0.2) is 0 Å². The second kappa shape index (κ2) is 7.35. The average Bonchev–Trinajstić information content (AvgIpc) is 2.50. The van der Waals surface area contributed by atoms with E-state index in [-0.39, 0.29) is 6.04 Å². The fourth-order valence-electron chi connectivity index (χ4n) is 2.62. The number of aliphatic hydroxyl groups is 1. The number of nitrogens with two attached hydrogens (primary N) is 1. The topological polar surface area (TPSA) is 68.0 Å². The van der Waals surface area contributed by atoms with Crippen molar-refractivity contribution in [3.05, 3.63) is 17.7 Å². The van der Waals surface area contributed by atoms with Gasteiger partial charge in [0.2, 0.25) is 0 Å². The molecule has 2 atom stereocenters. The first-order valence-electron chi connectivity index (χ1n) is 7.04. The van der Waals surface area contributed by atoms with Gasteiger partial charge in [-0.05, 0) is 24.8 Å². The maximum absolute atomic E-state index is 9.91. The van der Waals surface area contributed by atoms with Crippen molar-refractivity contribution in [2.24, 2.45) is 5.73 Å². The first-order chi connectivity index (χ1) is 10.1. The summed E-state index contributed by atoms with van der Waals surface area (Å²) in [6, 6.07) is 3.91. The van der Waals surface area contributed by atoms with Crippen LogP contribution in [0.25, 0.3) is 0 Å². The molecule has 1 fully saturated rings. The zero-order valence-corrected chi connectivity index (χ0v) is 13.7. The van der Waals surface area contributed by atoms with Crippen LogP contribution in [0.2, 0.25) is 0 Å². The van der Waals surface area contributed by atoms with Gasteiger partial charge >= 0.3 is 0 Å². The van der Waals surface area contributed by atoms with E-state index in [1.165, 1.54) is 0 Å². The van der Waals surface area contributed by atoms with E-state index < -0.39 is 6.10 Å². The Labute approximate surface area is 130 Å². The Balaban J connectivity index is 2.18. The predicted octanol–water partition coefficient (Wildman–Crippen LogP) is 1.32. The van der Waals surface area contributed by atoms with Crippen molar-refractivity contribution in [3.63, 3.8) is 0 Å². The molecular formula is C15H24N2O3S. The highest BCUT2D eigenvalue weighted by atomic mass is 32.2. The van der Waals surface area contributed by atoms with Crippen molar-refractivity contribution in [1.29, 1.82) is 0 Å². The lowest BCUT2D eigenvalue weighted by atomic mass is 10.0. The van der Waals surface area contributed by atoms with Crippen LogP contribution in [0.1, 0.15) is 12.0 Å². The van der Waals surface area contributed by atoms with Gasteiger partial charge in [-0.1, -0.05) is 0 Å². The molecule has 6 heteroatoms. The molecule has 21 heavy (non-hydrogen) atoms. The Hall–Kier alpha value is -0.950. The maximum atomic E-state index is 9.91. The lowest BCUT2D eigenvalue weighted by Gasteiger charge is -2.34. The fraction of sp³-hybridized carbons (Fsp3) is 0.600. The molecule has 0 aromatic heterocycles. The number of ether oxygens (including phenoxy) is 2. The van der Waals surface area contributed by atoms with Crippen molar-refractivity contribution in [1.82, 2.24) is 4.90 Å². The van der Waals surface area contributed by atoms with E-state index in [1.807, 2.05) is 18.4 Å². The third-order valence-electron chi connectivity index (χ3n) is 3.90. The van der Waals surface area contributed by atoms with Gasteiger partial charge in [0.05, 0.1) is 25.2 Å². The lowest BCUT2D eigenvalue weighted by molar-refractivity contribution is 0.0496. The second-order valence-electron chi connectivity index (χ2n) is 5.27. The molecule has 1 aliphatic rings. The molecule has 2 rings (SSSR count). The molecule has 0 aliphatic carbocycles. The molecule has 1 aromatic carbocycles. The van der Waals surface area contributed by atoms with Gasteiger partial charge < -0.3 is 20.3 Å². The smallest absolute Gasteiger partial charge is 0.132 e. The highest BCUT2D eigenvalue weighted by Gasteiger charge is 2.25. The number of benzene rings is 1. The summed E-state index contributed by atoms with van der Waals surface area (Å²) in [5.74, 6) is 1.71. The van der Waals surface area contributed by atoms with Gasteiger partial charge in [-0.2, -0.15) is 0 Å². The number of β-amino-alcohol motifs (C(OH)–C–C–N with tert-alkyl or cyclic N) is 1. The van der Waals surface area contributed by atoms with Crippen LogP contribution in [0, 0.1) is 0 Å². The molecule has 0 spiro atoms. The summed E-state index contributed by atoms with van der Waals surface area (Å²) < 4.78 is 10.9. The van der Waals surface area contributed by atoms with Crippen LogP contribution >= 0.6 is 11.8 Å². The highest BCUT2D eigenvalue weighted by molar-refractivity contribution is 7.98. The second-order valence-corrected chi connectivity index (χ2v) is 6.12. The molecule has 1 aliphatic heterocycles. The van der Waals surface area contributed by atoms with Crippen LogP contribution in [0.15, 0.2) is 17.0 Å². The van der Waals surface area contributed by atoms with Crippen molar-refractivity contribution >= 4 is 11.8 Å². The van der Waals surface area contributed by atoms with E-state index >= 15 is 0 Å². The lowest BCUT2D eigenvalue weighted by Crippen LogP contribution is -2.50. The molecule has 0 amide bonds. The number of aliphatic hydroxyl groups excluding tert-OH is 1. The molecule has 0 radical (unpaired) electrons. The Morgan fingerprint density at radius 2 is 2.05 bits per heavy atom. The van der Waals surface area contributed by atoms with Gasteiger partial charge in [0.25, 0.3) is 0 Å². The van der Waals surface area contributed by atoms with Gasteiger partial charge in [-0.15, -0.1) is 11.8 Å². The number of likely N-dealkylation sites (tertiary alicyclic amines) is 1. The number of hydrogen-bond acceptors (Lipinski definition) is 6. The Bertz CT molecular complexity index is 484. The molecule has 5 nitrogen and oxygen atoms in total. The summed E-state index contributed by atoms with van der Waals surface area (Å²) in [4.78, 5) is 3.25. The molecule has 3 N–H and O–H groups in total. The number of hydrogen-bond donors (Lipinski definition) is 2.